The second-order valence-electron chi connectivity index (χ2n) is 8.11. The summed E-state index contributed by atoms with van der Waals surface area (Å²) in [5, 5.41) is 17.0. The molecule has 0 aliphatic carbocycles. The summed E-state index contributed by atoms with van der Waals surface area (Å²) in [7, 11) is 0. The molecule has 164 valence electrons. The first kappa shape index (κ1) is 21.8. The lowest BCUT2D eigenvalue weighted by atomic mass is 9.83. The van der Waals surface area contributed by atoms with Crippen LogP contribution in [0.1, 0.15) is 32.1 Å². The van der Waals surface area contributed by atoms with Gasteiger partial charge in [-0.1, -0.05) is 11.6 Å². The van der Waals surface area contributed by atoms with Crippen molar-refractivity contribution in [2.75, 3.05) is 38.2 Å². The van der Waals surface area contributed by atoms with Gasteiger partial charge >= 0.3 is 0 Å². The highest BCUT2D eigenvalue weighted by molar-refractivity contribution is 6.33. The lowest BCUT2D eigenvalue weighted by molar-refractivity contribution is 0.0182. The molecule has 2 aromatic rings. The maximum Gasteiger partial charge on any atom is 0.232 e. The zero-order valence-corrected chi connectivity index (χ0v) is 18.2. The van der Waals surface area contributed by atoms with Crippen LogP contribution < -0.4 is 15.4 Å². The summed E-state index contributed by atoms with van der Waals surface area (Å²) in [6, 6.07) is 4.68. The fourth-order valence-corrected chi connectivity index (χ4v) is 4.10. The van der Waals surface area contributed by atoms with Crippen LogP contribution in [0.15, 0.2) is 24.7 Å². The molecular formula is C22H27ClN6O2. The molecule has 2 aliphatic rings. The van der Waals surface area contributed by atoms with Crippen molar-refractivity contribution in [3.63, 3.8) is 0 Å². The van der Waals surface area contributed by atoms with Crippen molar-refractivity contribution in [3.8, 4) is 23.2 Å². The number of hydrogen-bond acceptors (Lipinski definition) is 8. The van der Waals surface area contributed by atoms with E-state index in [0.29, 0.717) is 48.7 Å². The number of nitrogens with zero attached hydrogens (tertiary/aromatic N) is 4. The van der Waals surface area contributed by atoms with E-state index in [9.17, 15) is 5.26 Å². The Morgan fingerprint density at radius 1 is 1.26 bits per heavy atom. The molecule has 1 atom stereocenters. The molecule has 31 heavy (non-hydrogen) atoms. The maximum atomic E-state index is 9.61. The Labute approximate surface area is 187 Å². The summed E-state index contributed by atoms with van der Waals surface area (Å²) < 4.78 is 11.3. The van der Waals surface area contributed by atoms with Crippen LogP contribution in [0, 0.1) is 16.7 Å². The Morgan fingerprint density at radius 2 is 2.13 bits per heavy atom. The van der Waals surface area contributed by atoms with Crippen molar-refractivity contribution < 1.29 is 9.47 Å². The topological polar surface area (TPSA) is 105 Å². The number of halogens is 1. The molecule has 0 radical (unpaired) electrons. The van der Waals surface area contributed by atoms with E-state index in [4.69, 9.17) is 21.1 Å². The Kier molecular flexibility index (Phi) is 7.17. The molecule has 1 unspecified atom stereocenters. The molecule has 4 heterocycles. The predicted molar refractivity (Wildman–Crippen MR) is 118 cm³/mol. The summed E-state index contributed by atoms with van der Waals surface area (Å²) in [5.41, 5.74) is 0.799. The van der Waals surface area contributed by atoms with Gasteiger partial charge in [0.2, 0.25) is 5.88 Å². The third-order valence-electron chi connectivity index (χ3n) is 5.85. The van der Waals surface area contributed by atoms with Crippen LogP contribution in [0.3, 0.4) is 0 Å². The molecule has 2 aromatic heterocycles. The number of aromatic nitrogens is 3. The largest absolute Gasteiger partial charge is 0.475 e. The van der Waals surface area contributed by atoms with Gasteiger partial charge in [0.05, 0.1) is 34.6 Å². The average molecular weight is 443 g/mol. The summed E-state index contributed by atoms with van der Waals surface area (Å²) in [4.78, 5) is 13.3. The van der Waals surface area contributed by atoms with Crippen molar-refractivity contribution in [2.24, 2.45) is 5.41 Å². The van der Waals surface area contributed by atoms with Gasteiger partial charge in [-0.3, -0.25) is 4.98 Å². The van der Waals surface area contributed by atoms with Crippen molar-refractivity contribution in [1.29, 1.82) is 5.26 Å². The summed E-state index contributed by atoms with van der Waals surface area (Å²) in [5.74, 6) is 1.14. The maximum absolute atomic E-state index is 9.61. The SMILES string of the molecule is N#CC1(COc2cncc(-c3cc(NC4CCCNCC4)ncc3Cl)n2)CCOCC1. The minimum absolute atomic E-state index is 0.261. The zero-order valence-electron chi connectivity index (χ0n) is 17.4. The number of rotatable bonds is 6. The summed E-state index contributed by atoms with van der Waals surface area (Å²) in [6.45, 7) is 3.46. The van der Waals surface area contributed by atoms with E-state index in [0.717, 1.165) is 43.7 Å². The second-order valence-corrected chi connectivity index (χ2v) is 8.51. The van der Waals surface area contributed by atoms with E-state index in [1.165, 1.54) is 0 Å². The average Bonchev–Trinajstić information content (AvgIpc) is 3.08. The number of nitrogens with one attached hydrogen (secondary N) is 2. The van der Waals surface area contributed by atoms with Crippen molar-refractivity contribution >= 4 is 17.4 Å². The second kappa shape index (κ2) is 10.2. The smallest absolute Gasteiger partial charge is 0.232 e. The third kappa shape index (κ3) is 5.62. The van der Waals surface area contributed by atoms with Gasteiger partial charge in [0.15, 0.2) is 0 Å². The van der Waals surface area contributed by atoms with E-state index < -0.39 is 5.41 Å². The van der Waals surface area contributed by atoms with Crippen LogP contribution in [0.5, 0.6) is 5.88 Å². The van der Waals surface area contributed by atoms with Gasteiger partial charge in [-0.25, -0.2) is 9.97 Å². The van der Waals surface area contributed by atoms with Crippen LogP contribution in [-0.2, 0) is 4.74 Å². The van der Waals surface area contributed by atoms with E-state index in [1.807, 2.05) is 6.07 Å². The standard InChI is InChI=1S/C22H27ClN6O2/c23-18-11-27-20(28-16-2-1-6-25-7-3-16)10-17(18)19-12-26-13-21(29-19)31-15-22(14-24)4-8-30-9-5-22/h10-13,16,25H,1-9,15H2,(H,27,28). The third-order valence-corrected chi connectivity index (χ3v) is 6.16. The molecule has 0 saturated carbocycles. The Hall–Kier alpha value is -2.47. The lowest BCUT2D eigenvalue weighted by Crippen LogP contribution is -2.34. The Balaban J connectivity index is 1.48. The monoisotopic (exact) mass is 442 g/mol. The molecule has 9 heteroatoms. The first-order valence-electron chi connectivity index (χ1n) is 10.7. The van der Waals surface area contributed by atoms with E-state index in [-0.39, 0.29) is 6.61 Å². The van der Waals surface area contributed by atoms with Gasteiger partial charge in [0, 0.05) is 31.0 Å². The number of anilines is 1. The van der Waals surface area contributed by atoms with E-state index in [1.54, 1.807) is 18.6 Å². The van der Waals surface area contributed by atoms with Crippen LogP contribution in [-0.4, -0.2) is 53.9 Å². The van der Waals surface area contributed by atoms with Crippen molar-refractivity contribution in [2.45, 2.75) is 38.1 Å². The Morgan fingerprint density at radius 3 is 2.97 bits per heavy atom. The molecule has 0 aromatic carbocycles. The molecule has 0 spiro atoms. The number of ether oxygens (including phenoxy) is 2. The summed E-state index contributed by atoms with van der Waals surface area (Å²) in [6.07, 6.45) is 9.44. The van der Waals surface area contributed by atoms with Gasteiger partial charge in [-0.2, -0.15) is 5.26 Å². The van der Waals surface area contributed by atoms with Gasteiger partial charge in [0.1, 0.15) is 12.4 Å². The molecule has 2 fully saturated rings. The first-order chi connectivity index (χ1) is 15.2. The van der Waals surface area contributed by atoms with Crippen LogP contribution in [0.2, 0.25) is 5.02 Å². The van der Waals surface area contributed by atoms with Gasteiger partial charge in [-0.15, -0.1) is 0 Å². The van der Waals surface area contributed by atoms with E-state index in [2.05, 4.69) is 31.7 Å². The van der Waals surface area contributed by atoms with Crippen LogP contribution in [0.25, 0.3) is 11.3 Å². The van der Waals surface area contributed by atoms with E-state index >= 15 is 0 Å². The molecule has 8 nitrogen and oxygen atoms in total. The fourth-order valence-electron chi connectivity index (χ4n) is 3.90. The molecule has 0 bridgehead atoms. The van der Waals surface area contributed by atoms with Gasteiger partial charge < -0.3 is 20.1 Å². The van der Waals surface area contributed by atoms with Crippen LogP contribution in [0.4, 0.5) is 5.82 Å². The molecule has 2 N–H and O–H groups in total. The lowest BCUT2D eigenvalue weighted by Gasteiger charge is -2.29. The highest BCUT2D eigenvalue weighted by atomic mass is 35.5. The first-order valence-corrected chi connectivity index (χ1v) is 11.1. The Bertz CT molecular complexity index is 920. The predicted octanol–water partition coefficient (Wildman–Crippen LogP) is 3.45. The normalized spacial score (nSPS) is 21.0. The fraction of sp³-hybridized carbons (Fsp3) is 0.545. The highest BCUT2D eigenvalue weighted by Gasteiger charge is 2.34. The van der Waals surface area contributed by atoms with Gasteiger partial charge in [0.25, 0.3) is 0 Å². The van der Waals surface area contributed by atoms with Crippen molar-refractivity contribution in [1.82, 2.24) is 20.3 Å². The molecule has 2 saturated heterocycles. The van der Waals surface area contributed by atoms with Crippen molar-refractivity contribution in [3.05, 3.63) is 29.7 Å². The summed E-state index contributed by atoms with van der Waals surface area (Å²) >= 11 is 6.43. The molecular weight excluding hydrogens is 416 g/mol. The minimum atomic E-state index is -0.547. The number of pyridine rings is 1. The molecule has 2 aliphatic heterocycles. The molecule has 0 amide bonds. The minimum Gasteiger partial charge on any atom is -0.475 e. The van der Waals surface area contributed by atoms with Crippen LogP contribution >= 0.6 is 11.6 Å². The van der Waals surface area contributed by atoms with Gasteiger partial charge in [-0.05, 0) is 51.3 Å². The number of nitriles is 1. The highest BCUT2D eigenvalue weighted by Crippen LogP contribution is 2.32. The zero-order chi connectivity index (χ0) is 21.5. The molecule has 4 rings (SSSR count). The number of hydrogen-bond donors (Lipinski definition) is 2. The quantitative estimate of drug-likeness (QED) is 0.700.